The lowest BCUT2D eigenvalue weighted by Gasteiger charge is -2.41. The van der Waals surface area contributed by atoms with E-state index in [0.29, 0.717) is 18.7 Å². The fourth-order valence-corrected chi connectivity index (χ4v) is 3.46. The Bertz CT molecular complexity index is 734. The Morgan fingerprint density at radius 2 is 1.45 bits per heavy atom. The molecule has 0 bridgehead atoms. The lowest BCUT2D eigenvalue weighted by atomic mass is 9.98. The second-order valence-corrected chi connectivity index (χ2v) is 7.48. The van der Waals surface area contributed by atoms with Crippen LogP contribution >= 0.6 is 0 Å². The highest BCUT2D eigenvalue weighted by Gasteiger charge is 2.47. The minimum absolute atomic E-state index is 0.134. The minimum atomic E-state index is -1.77. The SMILES string of the molecule is CN(C)c1ccc(C(=O)N2CCN(C(=O)[C@H]3O[C@H](O)[C@H](O)[C@@H](O)[C@@H]3O)CC2)cc1. The molecule has 2 aliphatic heterocycles. The van der Waals surface area contributed by atoms with Gasteiger partial charge < -0.3 is 39.9 Å². The van der Waals surface area contributed by atoms with E-state index in [1.54, 1.807) is 17.0 Å². The molecule has 1 aromatic rings. The number of nitrogens with zero attached hydrogens (tertiary/aromatic N) is 3. The molecule has 10 nitrogen and oxygen atoms in total. The van der Waals surface area contributed by atoms with E-state index in [1.165, 1.54) is 4.90 Å². The molecule has 10 heteroatoms. The molecule has 2 heterocycles. The molecule has 160 valence electrons. The molecule has 0 aliphatic carbocycles. The number of hydrogen-bond donors (Lipinski definition) is 4. The fourth-order valence-electron chi connectivity index (χ4n) is 3.46. The number of carbonyl (C=O) groups excluding carboxylic acids is 2. The van der Waals surface area contributed by atoms with Gasteiger partial charge in [-0.05, 0) is 24.3 Å². The summed E-state index contributed by atoms with van der Waals surface area (Å²) in [7, 11) is 3.83. The maximum atomic E-state index is 12.7. The first kappa shape index (κ1) is 21.5. The van der Waals surface area contributed by atoms with Crippen LogP contribution < -0.4 is 4.90 Å². The molecule has 2 fully saturated rings. The standard InChI is InChI=1S/C19H27N3O7/c1-20(2)12-5-3-11(4-6-12)17(26)21-7-9-22(10-8-21)18(27)16-14(24)13(23)15(25)19(28)29-16/h3-6,13-16,19,23-25,28H,7-10H2,1-2H3/t13-,14-,15+,16-,19-/m0/s1. The lowest BCUT2D eigenvalue weighted by molar-refractivity contribution is -0.278. The zero-order valence-electron chi connectivity index (χ0n) is 16.4. The number of aliphatic hydroxyl groups is 4. The van der Waals surface area contributed by atoms with Crippen molar-refractivity contribution in [3.8, 4) is 0 Å². The van der Waals surface area contributed by atoms with Gasteiger partial charge in [-0.25, -0.2) is 0 Å². The zero-order valence-corrected chi connectivity index (χ0v) is 16.4. The topological polar surface area (TPSA) is 134 Å². The number of anilines is 1. The Morgan fingerprint density at radius 1 is 0.897 bits per heavy atom. The predicted octanol–water partition coefficient (Wildman–Crippen LogP) is -2.16. The molecule has 0 saturated carbocycles. The third kappa shape index (κ3) is 4.36. The molecule has 2 saturated heterocycles. The summed E-state index contributed by atoms with van der Waals surface area (Å²) in [5.74, 6) is -0.741. The zero-order chi connectivity index (χ0) is 21.3. The van der Waals surface area contributed by atoms with E-state index in [0.717, 1.165) is 5.69 Å². The summed E-state index contributed by atoms with van der Waals surface area (Å²) in [5.41, 5.74) is 1.54. The van der Waals surface area contributed by atoms with Crippen molar-refractivity contribution in [1.82, 2.24) is 9.80 Å². The van der Waals surface area contributed by atoms with Crippen molar-refractivity contribution in [2.75, 3.05) is 45.2 Å². The lowest BCUT2D eigenvalue weighted by Crippen LogP contribution is -2.63. The third-order valence-corrected chi connectivity index (χ3v) is 5.34. The van der Waals surface area contributed by atoms with Gasteiger partial charge in [0.15, 0.2) is 12.4 Å². The first-order chi connectivity index (χ1) is 13.7. The normalized spacial score (nSPS) is 30.2. The van der Waals surface area contributed by atoms with Crippen LogP contribution in [0.2, 0.25) is 0 Å². The molecule has 0 radical (unpaired) electrons. The van der Waals surface area contributed by atoms with E-state index in [4.69, 9.17) is 4.74 Å². The van der Waals surface area contributed by atoms with Gasteiger partial charge in [-0.15, -0.1) is 0 Å². The quantitative estimate of drug-likeness (QED) is 0.444. The van der Waals surface area contributed by atoms with E-state index < -0.39 is 36.6 Å². The maximum Gasteiger partial charge on any atom is 0.254 e. The van der Waals surface area contributed by atoms with Crippen LogP contribution in [0.3, 0.4) is 0 Å². The first-order valence-electron chi connectivity index (χ1n) is 9.44. The number of carbonyl (C=O) groups is 2. The Labute approximate surface area is 168 Å². The van der Waals surface area contributed by atoms with Crippen LogP contribution in [0.1, 0.15) is 10.4 Å². The Kier molecular flexibility index (Phi) is 6.39. The number of hydrogen-bond acceptors (Lipinski definition) is 8. The van der Waals surface area contributed by atoms with Gasteiger partial charge >= 0.3 is 0 Å². The monoisotopic (exact) mass is 409 g/mol. The Balaban J connectivity index is 1.58. The molecule has 0 aromatic heterocycles. The largest absolute Gasteiger partial charge is 0.387 e. The van der Waals surface area contributed by atoms with Gasteiger partial charge in [0.1, 0.15) is 18.3 Å². The van der Waals surface area contributed by atoms with E-state index in [2.05, 4.69) is 0 Å². The number of aliphatic hydroxyl groups excluding tert-OH is 4. The molecule has 2 aliphatic rings. The van der Waals surface area contributed by atoms with Crippen molar-refractivity contribution in [2.24, 2.45) is 0 Å². The molecule has 1 aromatic carbocycles. The molecule has 0 unspecified atom stereocenters. The van der Waals surface area contributed by atoms with Crippen LogP contribution in [-0.4, -0.2) is 113 Å². The summed E-state index contributed by atoms with van der Waals surface area (Å²) < 4.78 is 4.99. The number of ether oxygens (including phenoxy) is 1. The molecule has 5 atom stereocenters. The summed E-state index contributed by atoms with van der Waals surface area (Å²) in [4.78, 5) is 30.3. The minimum Gasteiger partial charge on any atom is -0.387 e. The average Bonchev–Trinajstić information content (AvgIpc) is 2.74. The summed E-state index contributed by atoms with van der Waals surface area (Å²) in [5, 5.41) is 38.9. The van der Waals surface area contributed by atoms with E-state index >= 15 is 0 Å². The highest BCUT2D eigenvalue weighted by atomic mass is 16.6. The Morgan fingerprint density at radius 3 is 2.00 bits per heavy atom. The third-order valence-electron chi connectivity index (χ3n) is 5.34. The first-order valence-corrected chi connectivity index (χ1v) is 9.44. The van der Waals surface area contributed by atoms with Gasteiger partial charge in [0.2, 0.25) is 0 Å². The van der Waals surface area contributed by atoms with Gasteiger partial charge in [-0.2, -0.15) is 0 Å². The Hall–Kier alpha value is -2.24. The number of amides is 2. The predicted molar refractivity (Wildman–Crippen MR) is 102 cm³/mol. The molecule has 2 amide bonds. The van der Waals surface area contributed by atoms with E-state index in [-0.39, 0.29) is 19.0 Å². The summed E-state index contributed by atoms with van der Waals surface area (Å²) >= 11 is 0. The number of rotatable bonds is 3. The molecule has 3 rings (SSSR count). The maximum absolute atomic E-state index is 12.7. The summed E-state index contributed by atoms with van der Waals surface area (Å²) in [6.45, 7) is 1.05. The summed E-state index contributed by atoms with van der Waals surface area (Å²) in [6.07, 6.45) is -8.29. The highest BCUT2D eigenvalue weighted by Crippen LogP contribution is 2.22. The number of piperazine rings is 1. The van der Waals surface area contributed by atoms with Gasteiger partial charge in [0.05, 0.1) is 0 Å². The van der Waals surface area contributed by atoms with Crippen molar-refractivity contribution >= 4 is 17.5 Å². The van der Waals surface area contributed by atoms with E-state index in [9.17, 15) is 30.0 Å². The van der Waals surface area contributed by atoms with Crippen molar-refractivity contribution < 1.29 is 34.8 Å². The molecule has 4 N–H and O–H groups in total. The van der Waals surface area contributed by atoms with Gasteiger partial charge in [-0.1, -0.05) is 0 Å². The van der Waals surface area contributed by atoms with Gasteiger partial charge in [-0.3, -0.25) is 9.59 Å². The van der Waals surface area contributed by atoms with Crippen LogP contribution in [-0.2, 0) is 9.53 Å². The van der Waals surface area contributed by atoms with Gasteiger partial charge in [0.25, 0.3) is 11.8 Å². The average molecular weight is 409 g/mol. The molecule has 0 spiro atoms. The van der Waals surface area contributed by atoms with Crippen molar-refractivity contribution in [2.45, 2.75) is 30.7 Å². The second-order valence-electron chi connectivity index (χ2n) is 7.48. The highest BCUT2D eigenvalue weighted by molar-refractivity contribution is 5.94. The second kappa shape index (κ2) is 8.64. The summed E-state index contributed by atoms with van der Waals surface area (Å²) in [6, 6.07) is 7.24. The fraction of sp³-hybridized carbons (Fsp3) is 0.579. The molecular weight excluding hydrogens is 382 g/mol. The van der Waals surface area contributed by atoms with Crippen LogP contribution in [0, 0.1) is 0 Å². The van der Waals surface area contributed by atoms with Crippen LogP contribution in [0.4, 0.5) is 5.69 Å². The smallest absolute Gasteiger partial charge is 0.254 e. The van der Waals surface area contributed by atoms with Crippen molar-refractivity contribution in [3.63, 3.8) is 0 Å². The number of benzene rings is 1. The van der Waals surface area contributed by atoms with Crippen molar-refractivity contribution in [1.29, 1.82) is 0 Å². The van der Waals surface area contributed by atoms with E-state index in [1.807, 2.05) is 31.1 Å². The van der Waals surface area contributed by atoms with Crippen LogP contribution in [0.15, 0.2) is 24.3 Å². The molecule has 29 heavy (non-hydrogen) atoms. The van der Waals surface area contributed by atoms with Crippen LogP contribution in [0.5, 0.6) is 0 Å². The van der Waals surface area contributed by atoms with Crippen LogP contribution in [0.25, 0.3) is 0 Å². The van der Waals surface area contributed by atoms with Crippen molar-refractivity contribution in [3.05, 3.63) is 29.8 Å². The molecular formula is C19H27N3O7. The van der Waals surface area contributed by atoms with Gasteiger partial charge in [0, 0.05) is 51.5 Å².